The summed E-state index contributed by atoms with van der Waals surface area (Å²) in [4.78, 5) is 15.6. The number of aromatic nitrogens is 1. The summed E-state index contributed by atoms with van der Waals surface area (Å²) < 4.78 is 38.8. The third kappa shape index (κ3) is 3.52. The van der Waals surface area contributed by atoms with Crippen molar-refractivity contribution in [1.29, 1.82) is 0 Å². The number of ether oxygens (including phenoxy) is 1. The first-order valence-corrected chi connectivity index (χ1v) is 9.80. The van der Waals surface area contributed by atoms with Crippen LogP contribution in [0.25, 0.3) is 0 Å². The molecule has 1 aliphatic carbocycles. The van der Waals surface area contributed by atoms with E-state index in [2.05, 4.69) is 4.98 Å². The van der Waals surface area contributed by atoms with E-state index in [-0.39, 0.29) is 29.2 Å². The van der Waals surface area contributed by atoms with Gasteiger partial charge in [-0.05, 0) is 49.9 Å². The lowest BCUT2D eigenvalue weighted by atomic mass is 10.1. The van der Waals surface area contributed by atoms with Gasteiger partial charge in [0.1, 0.15) is 11.5 Å². The number of hydrogen-bond acceptors (Lipinski definition) is 6. The molecular weight excluding hydrogens is 356 g/mol. The number of rotatable bonds is 7. The number of ketones is 1. The zero-order valence-electron chi connectivity index (χ0n) is 15.3. The van der Waals surface area contributed by atoms with Gasteiger partial charge in [0.05, 0.1) is 24.7 Å². The van der Waals surface area contributed by atoms with Crippen LogP contribution in [-0.2, 0) is 16.6 Å². The number of Topliss-reactive ketones (excluding diaryl/α,β-unsaturated/α-hetero) is 1. The van der Waals surface area contributed by atoms with Gasteiger partial charge in [-0.2, -0.15) is 4.31 Å². The van der Waals surface area contributed by atoms with E-state index >= 15 is 0 Å². The molecule has 2 aromatic rings. The minimum atomic E-state index is -3.73. The van der Waals surface area contributed by atoms with E-state index in [1.165, 1.54) is 17.4 Å². The van der Waals surface area contributed by atoms with Crippen molar-refractivity contribution in [3.8, 4) is 5.75 Å². The molecule has 1 aromatic carbocycles. The van der Waals surface area contributed by atoms with Gasteiger partial charge >= 0.3 is 0 Å². The Labute approximate surface area is 153 Å². The van der Waals surface area contributed by atoms with Crippen LogP contribution in [0.1, 0.15) is 47.3 Å². The summed E-state index contributed by atoms with van der Waals surface area (Å²) in [5.74, 6) is 0.677. The molecule has 8 heteroatoms. The highest BCUT2D eigenvalue weighted by Gasteiger charge is 2.40. The second-order valence-electron chi connectivity index (χ2n) is 6.56. The first-order chi connectivity index (χ1) is 12.2. The van der Waals surface area contributed by atoms with Gasteiger partial charge in [-0.15, -0.1) is 0 Å². The van der Waals surface area contributed by atoms with Crippen LogP contribution >= 0.6 is 0 Å². The Morgan fingerprint density at radius 2 is 1.92 bits per heavy atom. The molecule has 0 bridgehead atoms. The minimum absolute atomic E-state index is 0.00930. The lowest BCUT2D eigenvalue weighted by Crippen LogP contribution is -2.33. The highest BCUT2D eigenvalue weighted by Crippen LogP contribution is 2.36. The summed E-state index contributed by atoms with van der Waals surface area (Å²) >= 11 is 0. The number of oxazole rings is 1. The highest BCUT2D eigenvalue weighted by atomic mass is 32.2. The average molecular weight is 378 g/mol. The number of benzene rings is 1. The molecule has 1 fully saturated rings. The van der Waals surface area contributed by atoms with E-state index < -0.39 is 10.0 Å². The summed E-state index contributed by atoms with van der Waals surface area (Å²) in [7, 11) is -2.18. The van der Waals surface area contributed by atoms with E-state index in [9.17, 15) is 13.2 Å². The molecule has 0 unspecified atom stereocenters. The molecule has 1 heterocycles. The van der Waals surface area contributed by atoms with Gasteiger partial charge in [0.15, 0.2) is 0 Å². The quantitative estimate of drug-likeness (QED) is 0.688. The van der Waals surface area contributed by atoms with E-state index in [1.54, 1.807) is 33.1 Å². The number of nitrogens with zero attached hydrogens (tertiary/aromatic N) is 2. The second kappa shape index (κ2) is 6.85. The molecule has 26 heavy (non-hydrogen) atoms. The standard InChI is InChI=1S/C18H22N2O5S/c1-11-7-15(24-4)8-12(2)17(11)26(22,23)20(14-5-6-14)10-16-9-19-18(25-16)13(3)21/h7-9,14H,5-6,10H2,1-4H3. The Hall–Kier alpha value is -2.19. The normalized spacial score (nSPS) is 14.7. The van der Waals surface area contributed by atoms with Crippen LogP contribution in [0.15, 0.2) is 27.6 Å². The summed E-state index contributed by atoms with van der Waals surface area (Å²) in [6, 6.07) is 3.37. The Morgan fingerprint density at radius 3 is 2.38 bits per heavy atom. The van der Waals surface area contributed by atoms with E-state index in [0.29, 0.717) is 22.6 Å². The number of aryl methyl sites for hydroxylation is 2. The largest absolute Gasteiger partial charge is 0.497 e. The molecule has 140 valence electrons. The van der Waals surface area contributed by atoms with Gasteiger partial charge in [0.25, 0.3) is 5.89 Å². The van der Waals surface area contributed by atoms with E-state index in [4.69, 9.17) is 9.15 Å². The predicted molar refractivity (Wildman–Crippen MR) is 94.7 cm³/mol. The Balaban J connectivity index is 1.98. The number of carbonyl (C=O) groups excluding carboxylic acids is 1. The molecule has 0 N–H and O–H groups in total. The number of hydrogen-bond donors (Lipinski definition) is 0. The monoisotopic (exact) mass is 378 g/mol. The number of methoxy groups -OCH3 is 1. The second-order valence-corrected chi connectivity index (χ2v) is 8.39. The van der Waals surface area contributed by atoms with Crippen molar-refractivity contribution in [3.63, 3.8) is 0 Å². The maximum absolute atomic E-state index is 13.4. The first kappa shape index (κ1) is 18.6. The summed E-state index contributed by atoms with van der Waals surface area (Å²) in [6.07, 6.45) is 3.03. The van der Waals surface area contributed by atoms with Gasteiger partial charge in [-0.1, -0.05) is 0 Å². The summed E-state index contributed by atoms with van der Waals surface area (Å²) in [5.41, 5.74) is 1.27. The molecule has 0 aliphatic heterocycles. The van der Waals surface area contributed by atoms with Crippen molar-refractivity contribution >= 4 is 15.8 Å². The molecule has 0 spiro atoms. The first-order valence-electron chi connectivity index (χ1n) is 8.36. The molecule has 1 aliphatic rings. The van der Waals surface area contributed by atoms with Crippen LogP contribution in [0.2, 0.25) is 0 Å². The molecular formula is C18H22N2O5S. The maximum Gasteiger partial charge on any atom is 0.263 e. The van der Waals surface area contributed by atoms with Gasteiger partial charge in [-0.3, -0.25) is 4.79 Å². The average Bonchev–Trinajstić information content (AvgIpc) is 3.28. The molecule has 0 atom stereocenters. The van der Waals surface area contributed by atoms with Crippen molar-refractivity contribution < 1.29 is 22.4 Å². The van der Waals surface area contributed by atoms with Crippen LogP contribution in [0, 0.1) is 13.8 Å². The molecule has 1 saturated carbocycles. The predicted octanol–water partition coefficient (Wildman–Crippen LogP) is 2.86. The molecule has 0 amide bonds. The van der Waals surface area contributed by atoms with Crippen LogP contribution < -0.4 is 4.74 Å². The highest BCUT2D eigenvalue weighted by molar-refractivity contribution is 7.89. The van der Waals surface area contributed by atoms with Crippen molar-refractivity contribution in [2.45, 2.75) is 51.1 Å². The zero-order valence-corrected chi connectivity index (χ0v) is 16.1. The van der Waals surface area contributed by atoms with Gasteiger partial charge < -0.3 is 9.15 Å². The Bertz CT molecular complexity index is 921. The molecule has 7 nitrogen and oxygen atoms in total. The van der Waals surface area contributed by atoms with Gasteiger partial charge in [0, 0.05) is 13.0 Å². The lowest BCUT2D eigenvalue weighted by molar-refractivity contribution is 0.0978. The fourth-order valence-electron chi connectivity index (χ4n) is 3.02. The molecule has 0 radical (unpaired) electrons. The van der Waals surface area contributed by atoms with Crippen LogP contribution in [-0.4, -0.2) is 36.6 Å². The van der Waals surface area contributed by atoms with Crippen LogP contribution in [0.4, 0.5) is 0 Å². The third-order valence-electron chi connectivity index (χ3n) is 4.36. The van der Waals surface area contributed by atoms with Gasteiger partial charge in [0.2, 0.25) is 15.8 Å². The molecule has 1 aromatic heterocycles. The fourth-order valence-corrected chi connectivity index (χ4v) is 5.09. The third-order valence-corrected chi connectivity index (χ3v) is 6.56. The van der Waals surface area contributed by atoms with Crippen molar-refractivity contribution in [2.24, 2.45) is 0 Å². The Kier molecular flexibility index (Phi) is 4.90. The topological polar surface area (TPSA) is 89.7 Å². The van der Waals surface area contributed by atoms with Crippen LogP contribution in [0.3, 0.4) is 0 Å². The van der Waals surface area contributed by atoms with Crippen molar-refractivity contribution in [3.05, 3.63) is 41.1 Å². The number of carbonyl (C=O) groups is 1. The van der Waals surface area contributed by atoms with Crippen molar-refractivity contribution in [1.82, 2.24) is 9.29 Å². The fraction of sp³-hybridized carbons (Fsp3) is 0.444. The summed E-state index contributed by atoms with van der Waals surface area (Å²) in [6.45, 7) is 4.93. The maximum atomic E-state index is 13.4. The smallest absolute Gasteiger partial charge is 0.263 e. The summed E-state index contributed by atoms with van der Waals surface area (Å²) in [5, 5.41) is 0. The van der Waals surface area contributed by atoms with Crippen LogP contribution in [0.5, 0.6) is 5.75 Å². The minimum Gasteiger partial charge on any atom is -0.497 e. The van der Waals surface area contributed by atoms with E-state index in [1.807, 2.05) is 0 Å². The van der Waals surface area contributed by atoms with Crippen molar-refractivity contribution in [2.75, 3.05) is 7.11 Å². The number of sulfonamides is 1. The SMILES string of the molecule is COc1cc(C)c(S(=O)(=O)N(Cc2cnc(C(C)=O)o2)C2CC2)c(C)c1. The zero-order chi connectivity index (χ0) is 19.1. The lowest BCUT2D eigenvalue weighted by Gasteiger charge is -2.23. The Morgan fingerprint density at radius 1 is 1.31 bits per heavy atom. The molecule has 0 saturated heterocycles. The van der Waals surface area contributed by atoms with Gasteiger partial charge in [-0.25, -0.2) is 13.4 Å². The molecule has 3 rings (SSSR count). The van der Waals surface area contributed by atoms with E-state index in [0.717, 1.165) is 12.8 Å².